The first kappa shape index (κ1) is 17.3. The molecule has 0 saturated carbocycles. The van der Waals surface area contributed by atoms with E-state index in [2.05, 4.69) is 13.1 Å². The molecular weight excluding hydrogens is 248 g/mol. The van der Waals surface area contributed by atoms with E-state index < -0.39 is 8.32 Å². The average Bonchev–Trinajstić information content (AvgIpc) is 2.29. The summed E-state index contributed by atoms with van der Waals surface area (Å²) < 4.78 is 6.03. The smallest absolute Gasteiger partial charge is 0.215 e. The molecule has 2 radical (unpaired) electrons. The van der Waals surface area contributed by atoms with Gasteiger partial charge in [-0.3, -0.25) is 0 Å². The minimum absolute atomic E-state index is 0.315. The molecule has 0 aromatic carbocycles. The first-order chi connectivity index (χ1) is 8.12. The van der Waals surface area contributed by atoms with Gasteiger partial charge in [0.1, 0.15) is 0 Å². The zero-order chi connectivity index (χ0) is 13.0. The van der Waals surface area contributed by atoms with Crippen molar-refractivity contribution in [3.8, 4) is 0 Å². The van der Waals surface area contributed by atoms with Gasteiger partial charge in [0.15, 0.2) is 8.32 Å². The maximum Gasteiger partial charge on any atom is 0.215 e. The van der Waals surface area contributed by atoms with Gasteiger partial charge in [0, 0.05) is 13.2 Å². The lowest BCUT2D eigenvalue weighted by Crippen LogP contribution is -2.31. The SMILES string of the molecule is C[Si](C)(CCCCCO)O[Si]CCCCCO. The Morgan fingerprint density at radius 1 is 0.882 bits per heavy atom. The van der Waals surface area contributed by atoms with Crippen molar-refractivity contribution in [3.05, 3.63) is 0 Å². The van der Waals surface area contributed by atoms with Gasteiger partial charge in [-0.1, -0.05) is 25.7 Å². The first-order valence-electron chi connectivity index (χ1n) is 6.75. The Labute approximate surface area is 110 Å². The number of aliphatic hydroxyl groups excluding tert-OH is 2. The fourth-order valence-electron chi connectivity index (χ4n) is 1.62. The summed E-state index contributed by atoms with van der Waals surface area (Å²) in [6.45, 7) is 5.20. The number of rotatable bonds is 12. The van der Waals surface area contributed by atoms with Gasteiger partial charge in [0.2, 0.25) is 9.76 Å². The van der Waals surface area contributed by atoms with Gasteiger partial charge in [-0.05, 0) is 38.0 Å². The van der Waals surface area contributed by atoms with Crippen LogP contribution in [0.2, 0.25) is 25.2 Å². The molecule has 0 aliphatic carbocycles. The zero-order valence-electron chi connectivity index (χ0n) is 11.4. The summed E-state index contributed by atoms with van der Waals surface area (Å²) >= 11 is 0. The van der Waals surface area contributed by atoms with E-state index in [0.29, 0.717) is 23.0 Å². The molecule has 0 amide bonds. The summed E-state index contributed by atoms with van der Waals surface area (Å²) in [4.78, 5) is 0. The second kappa shape index (κ2) is 11.4. The molecule has 0 fully saturated rings. The Balaban J connectivity index is 3.37. The normalized spacial score (nSPS) is 12.0. The third kappa shape index (κ3) is 12.6. The fourth-order valence-corrected chi connectivity index (χ4v) is 5.50. The molecule has 102 valence electrons. The summed E-state index contributed by atoms with van der Waals surface area (Å²) in [6, 6.07) is 2.35. The molecule has 0 aromatic heterocycles. The number of hydrogen-bond acceptors (Lipinski definition) is 3. The van der Waals surface area contributed by atoms with Crippen molar-refractivity contribution in [2.45, 2.75) is 63.7 Å². The molecule has 0 unspecified atom stereocenters. The predicted molar refractivity (Wildman–Crippen MR) is 75.8 cm³/mol. The fraction of sp³-hybridized carbons (Fsp3) is 1.00. The van der Waals surface area contributed by atoms with E-state index in [1.807, 2.05) is 0 Å². The van der Waals surface area contributed by atoms with Crippen molar-refractivity contribution in [2.75, 3.05) is 13.2 Å². The molecule has 17 heavy (non-hydrogen) atoms. The third-order valence-electron chi connectivity index (χ3n) is 2.72. The molecular formula is C12H28O3Si2. The van der Waals surface area contributed by atoms with E-state index in [9.17, 15) is 0 Å². The Bertz CT molecular complexity index is 166. The van der Waals surface area contributed by atoms with E-state index in [4.69, 9.17) is 14.3 Å². The van der Waals surface area contributed by atoms with E-state index >= 15 is 0 Å². The van der Waals surface area contributed by atoms with Gasteiger partial charge in [-0.25, -0.2) is 0 Å². The lowest BCUT2D eigenvalue weighted by atomic mass is 10.3. The van der Waals surface area contributed by atoms with Crippen molar-refractivity contribution >= 4 is 18.1 Å². The second-order valence-corrected chi connectivity index (χ2v) is 10.7. The quantitative estimate of drug-likeness (QED) is 0.425. The van der Waals surface area contributed by atoms with Crippen LogP contribution in [-0.4, -0.2) is 41.5 Å². The van der Waals surface area contributed by atoms with Crippen LogP contribution in [0.15, 0.2) is 0 Å². The van der Waals surface area contributed by atoms with E-state index in [-0.39, 0.29) is 0 Å². The Morgan fingerprint density at radius 3 is 2.06 bits per heavy atom. The topological polar surface area (TPSA) is 49.7 Å². The van der Waals surface area contributed by atoms with Gasteiger partial charge < -0.3 is 14.3 Å². The van der Waals surface area contributed by atoms with Gasteiger partial charge in [0.05, 0.1) is 0 Å². The Morgan fingerprint density at radius 2 is 1.47 bits per heavy atom. The molecule has 0 rings (SSSR count). The third-order valence-corrected chi connectivity index (χ3v) is 7.63. The molecule has 0 spiro atoms. The molecule has 0 bridgehead atoms. The van der Waals surface area contributed by atoms with Crippen LogP contribution in [0.3, 0.4) is 0 Å². The molecule has 0 atom stereocenters. The molecule has 0 aliphatic heterocycles. The van der Waals surface area contributed by atoms with Crippen molar-refractivity contribution in [1.82, 2.24) is 0 Å². The number of aliphatic hydroxyl groups is 2. The summed E-state index contributed by atoms with van der Waals surface area (Å²) in [6.07, 6.45) is 6.45. The highest BCUT2D eigenvalue weighted by Crippen LogP contribution is 2.16. The summed E-state index contributed by atoms with van der Waals surface area (Å²) in [5, 5.41) is 17.4. The Kier molecular flexibility index (Phi) is 11.6. The van der Waals surface area contributed by atoms with Crippen LogP contribution < -0.4 is 0 Å². The number of unbranched alkanes of at least 4 members (excludes halogenated alkanes) is 4. The Hall–Kier alpha value is 0.314. The lowest BCUT2D eigenvalue weighted by Gasteiger charge is -2.22. The van der Waals surface area contributed by atoms with Crippen LogP contribution in [0.5, 0.6) is 0 Å². The predicted octanol–water partition coefficient (Wildman–Crippen LogP) is 2.57. The molecule has 0 saturated heterocycles. The molecule has 0 heterocycles. The highest BCUT2D eigenvalue weighted by atomic mass is 28.4. The molecule has 0 aromatic rings. The summed E-state index contributed by atoms with van der Waals surface area (Å²) in [5.41, 5.74) is 0. The second-order valence-electron chi connectivity index (χ2n) is 5.07. The minimum Gasteiger partial charge on any atom is -0.456 e. The minimum atomic E-state index is -1.44. The average molecular weight is 277 g/mol. The van der Waals surface area contributed by atoms with E-state index in [0.717, 1.165) is 31.7 Å². The van der Waals surface area contributed by atoms with Gasteiger partial charge in [0.25, 0.3) is 0 Å². The van der Waals surface area contributed by atoms with E-state index in [1.165, 1.54) is 18.9 Å². The first-order valence-corrected chi connectivity index (χ1v) is 11.0. The highest BCUT2D eigenvalue weighted by Gasteiger charge is 2.20. The standard InChI is InChI=1S/C12H28O3Si2/c1-17(2,12-8-4-6-10-14)15-16-11-7-3-5-9-13/h13-14H,3-12H2,1-2H3. The van der Waals surface area contributed by atoms with Crippen LogP contribution in [0, 0.1) is 0 Å². The molecule has 5 heteroatoms. The summed E-state index contributed by atoms with van der Waals surface area (Å²) in [7, 11) is -0.803. The van der Waals surface area contributed by atoms with Gasteiger partial charge in [-0.2, -0.15) is 0 Å². The highest BCUT2D eigenvalue weighted by molar-refractivity contribution is 6.75. The molecule has 3 nitrogen and oxygen atoms in total. The van der Waals surface area contributed by atoms with Crippen molar-refractivity contribution < 1.29 is 14.3 Å². The van der Waals surface area contributed by atoms with Crippen molar-refractivity contribution in [1.29, 1.82) is 0 Å². The summed E-state index contributed by atoms with van der Waals surface area (Å²) in [5.74, 6) is 0. The largest absolute Gasteiger partial charge is 0.456 e. The maximum atomic E-state index is 8.70. The van der Waals surface area contributed by atoms with Crippen molar-refractivity contribution in [2.24, 2.45) is 0 Å². The van der Waals surface area contributed by atoms with Crippen LogP contribution >= 0.6 is 0 Å². The van der Waals surface area contributed by atoms with Crippen molar-refractivity contribution in [3.63, 3.8) is 0 Å². The number of hydrogen-bond donors (Lipinski definition) is 2. The van der Waals surface area contributed by atoms with Crippen LogP contribution in [0.1, 0.15) is 38.5 Å². The van der Waals surface area contributed by atoms with Gasteiger partial charge >= 0.3 is 0 Å². The van der Waals surface area contributed by atoms with Gasteiger partial charge in [-0.15, -0.1) is 0 Å². The lowest BCUT2D eigenvalue weighted by molar-refractivity contribution is 0.283. The van der Waals surface area contributed by atoms with Crippen LogP contribution in [0.4, 0.5) is 0 Å². The zero-order valence-corrected chi connectivity index (χ0v) is 13.4. The molecule has 2 N–H and O–H groups in total. The monoisotopic (exact) mass is 276 g/mol. The maximum absolute atomic E-state index is 8.70. The van der Waals surface area contributed by atoms with Crippen LogP contribution in [0.25, 0.3) is 0 Å². The molecule has 0 aliphatic rings. The van der Waals surface area contributed by atoms with Crippen LogP contribution in [-0.2, 0) is 4.12 Å². The van der Waals surface area contributed by atoms with E-state index in [1.54, 1.807) is 0 Å².